The molecule has 2 rings (SSSR count). The molecule has 0 radical (unpaired) electrons. The van der Waals surface area contributed by atoms with Crippen LogP contribution in [0.15, 0.2) is 28.7 Å². The Morgan fingerprint density at radius 1 is 1.53 bits per heavy atom. The van der Waals surface area contributed by atoms with Gasteiger partial charge < -0.3 is 15.4 Å². The summed E-state index contributed by atoms with van der Waals surface area (Å²) in [5, 5.41) is 6.13. The highest BCUT2D eigenvalue weighted by Gasteiger charge is 2.13. The SMILES string of the molecule is O=C(COCCC1CCNC1)Nc1cccc(Br)c1. The molecule has 1 atom stereocenters. The van der Waals surface area contributed by atoms with Gasteiger partial charge in [-0.05, 0) is 50.0 Å². The molecule has 1 fully saturated rings. The van der Waals surface area contributed by atoms with Crippen molar-refractivity contribution < 1.29 is 9.53 Å². The summed E-state index contributed by atoms with van der Waals surface area (Å²) in [6, 6.07) is 7.52. The summed E-state index contributed by atoms with van der Waals surface area (Å²) in [6.45, 7) is 2.95. The lowest BCUT2D eigenvalue weighted by Crippen LogP contribution is -2.19. The zero-order valence-electron chi connectivity index (χ0n) is 10.8. The molecule has 0 bridgehead atoms. The summed E-state index contributed by atoms with van der Waals surface area (Å²) in [7, 11) is 0. The van der Waals surface area contributed by atoms with Crippen LogP contribution in [0.5, 0.6) is 0 Å². The fourth-order valence-corrected chi connectivity index (χ4v) is 2.54. The summed E-state index contributed by atoms with van der Waals surface area (Å²) < 4.78 is 6.35. The molecule has 1 saturated heterocycles. The van der Waals surface area contributed by atoms with Gasteiger partial charge in [0.1, 0.15) is 6.61 Å². The largest absolute Gasteiger partial charge is 0.372 e. The summed E-state index contributed by atoms with van der Waals surface area (Å²) in [4.78, 5) is 11.7. The molecule has 1 aromatic carbocycles. The maximum atomic E-state index is 11.7. The molecule has 19 heavy (non-hydrogen) atoms. The number of carbonyl (C=O) groups is 1. The number of hydrogen-bond acceptors (Lipinski definition) is 3. The van der Waals surface area contributed by atoms with Gasteiger partial charge in [-0.3, -0.25) is 4.79 Å². The highest BCUT2D eigenvalue weighted by Crippen LogP contribution is 2.15. The number of halogens is 1. The third kappa shape index (κ3) is 5.30. The molecule has 1 unspecified atom stereocenters. The van der Waals surface area contributed by atoms with E-state index in [0.717, 1.165) is 29.7 Å². The predicted octanol–water partition coefficient (Wildman–Crippen LogP) is 2.40. The normalized spacial score (nSPS) is 18.5. The fourth-order valence-electron chi connectivity index (χ4n) is 2.14. The third-order valence-corrected chi connectivity index (χ3v) is 3.67. The van der Waals surface area contributed by atoms with Crippen LogP contribution in [-0.4, -0.2) is 32.2 Å². The molecule has 1 aromatic rings. The molecule has 1 aliphatic heterocycles. The lowest BCUT2D eigenvalue weighted by molar-refractivity contribution is -0.120. The van der Waals surface area contributed by atoms with Crippen molar-refractivity contribution in [3.05, 3.63) is 28.7 Å². The highest BCUT2D eigenvalue weighted by molar-refractivity contribution is 9.10. The number of benzene rings is 1. The minimum Gasteiger partial charge on any atom is -0.372 e. The maximum Gasteiger partial charge on any atom is 0.250 e. The van der Waals surface area contributed by atoms with Gasteiger partial charge in [-0.2, -0.15) is 0 Å². The number of anilines is 1. The second-order valence-electron chi connectivity index (χ2n) is 4.76. The van der Waals surface area contributed by atoms with E-state index in [0.29, 0.717) is 12.5 Å². The standard InChI is InChI=1S/C14H19BrN2O2/c15-12-2-1-3-13(8-12)17-14(18)10-19-7-5-11-4-6-16-9-11/h1-3,8,11,16H,4-7,9-10H2,(H,17,18). The number of nitrogens with one attached hydrogen (secondary N) is 2. The van der Waals surface area contributed by atoms with Crippen molar-refractivity contribution in [2.75, 3.05) is 31.6 Å². The topological polar surface area (TPSA) is 50.4 Å². The van der Waals surface area contributed by atoms with Crippen LogP contribution in [-0.2, 0) is 9.53 Å². The maximum absolute atomic E-state index is 11.7. The third-order valence-electron chi connectivity index (χ3n) is 3.17. The molecule has 4 nitrogen and oxygen atoms in total. The van der Waals surface area contributed by atoms with E-state index in [2.05, 4.69) is 26.6 Å². The van der Waals surface area contributed by atoms with Crippen LogP contribution in [0.25, 0.3) is 0 Å². The van der Waals surface area contributed by atoms with Gasteiger partial charge in [0.15, 0.2) is 0 Å². The zero-order chi connectivity index (χ0) is 13.5. The lowest BCUT2D eigenvalue weighted by Gasteiger charge is -2.09. The van der Waals surface area contributed by atoms with Crippen molar-refractivity contribution in [2.24, 2.45) is 5.92 Å². The number of carbonyl (C=O) groups excluding carboxylic acids is 1. The Kier molecular flexibility index (Phi) is 5.82. The van der Waals surface area contributed by atoms with E-state index < -0.39 is 0 Å². The van der Waals surface area contributed by atoms with E-state index in [1.54, 1.807) is 0 Å². The summed E-state index contributed by atoms with van der Waals surface area (Å²) in [5.41, 5.74) is 0.781. The van der Waals surface area contributed by atoms with Crippen LogP contribution >= 0.6 is 15.9 Å². The van der Waals surface area contributed by atoms with Crippen molar-refractivity contribution in [3.63, 3.8) is 0 Å². The Morgan fingerprint density at radius 2 is 2.42 bits per heavy atom. The van der Waals surface area contributed by atoms with Gasteiger partial charge in [0, 0.05) is 16.8 Å². The van der Waals surface area contributed by atoms with Crippen molar-refractivity contribution in [2.45, 2.75) is 12.8 Å². The summed E-state index contributed by atoms with van der Waals surface area (Å²) >= 11 is 3.37. The van der Waals surface area contributed by atoms with Crippen LogP contribution in [0, 0.1) is 5.92 Å². The molecule has 0 aromatic heterocycles. The smallest absolute Gasteiger partial charge is 0.250 e. The van der Waals surface area contributed by atoms with E-state index in [1.165, 1.54) is 6.42 Å². The molecule has 2 N–H and O–H groups in total. The Morgan fingerprint density at radius 3 is 3.16 bits per heavy atom. The first-order valence-electron chi connectivity index (χ1n) is 6.58. The Labute approximate surface area is 122 Å². The highest BCUT2D eigenvalue weighted by atomic mass is 79.9. The van der Waals surface area contributed by atoms with Crippen LogP contribution < -0.4 is 10.6 Å². The average Bonchev–Trinajstić information content (AvgIpc) is 2.88. The summed E-state index contributed by atoms with van der Waals surface area (Å²) in [6.07, 6.45) is 2.24. The molecule has 0 aliphatic carbocycles. The minimum atomic E-state index is -0.109. The molecular weight excluding hydrogens is 308 g/mol. The number of ether oxygens (including phenoxy) is 1. The van der Waals surface area contributed by atoms with E-state index >= 15 is 0 Å². The van der Waals surface area contributed by atoms with Gasteiger partial charge in [-0.25, -0.2) is 0 Å². The monoisotopic (exact) mass is 326 g/mol. The van der Waals surface area contributed by atoms with Gasteiger partial charge in [0.2, 0.25) is 5.91 Å². The van der Waals surface area contributed by atoms with Crippen molar-refractivity contribution in [1.29, 1.82) is 0 Å². The van der Waals surface area contributed by atoms with Crippen LogP contribution in [0.2, 0.25) is 0 Å². The average molecular weight is 327 g/mol. The second-order valence-corrected chi connectivity index (χ2v) is 5.67. The van der Waals surface area contributed by atoms with E-state index in [-0.39, 0.29) is 12.5 Å². The van der Waals surface area contributed by atoms with Crippen molar-refractivity contribution in [3.8, 4) is 0 Å². The molecular formula is C14H19BrN2O2. The summed E-state index contributed by atoms with van der Waals surface area (Å²) in [5.74, 6) is 0.593. The number of amides is 1. The molecule has 0 saturated carbocycles. The number of hydrogen-bond donors (Lipinski definition) is 2. The van der Waals surface area contributed by atoms with Crippen LogP contribution in [0.4, 0.5) is 5.69 Å². The van der Waals surface area contributed by atoms with Gasteiger partial charge in [-0.15, -0.1) is 0 Å². The van der Waals surface area contributed by atoms with Gasteiger partial charge >= 0.3 is 0 Å². The first-order valence-corrected chi connectivity index (χ1v) is 7.37. The molecule has 5 heteroatoms. The molecule has 1 amide bonds. The van der Waals surface area contributed by atoms with Crippen molar-refractivity contribution >= 4 is 27.5 Å². The lowest BCUT2D eigenvalue weighted by atomic mass is 10.1. The number of rotatable bonds is 6. The molecule has 104 valence electrons. The first-order chi connectivity index (χ1) is 9.24. The van der Waals surface area contributed by atoms with Crippen molar-refractivity contribution in [1.82, 2.24) is 5.32 Å². The molecule has 1 heterocycles. The predicted molar refractivity (Wildman–Crippen MR) is 79.2 cm³/mol. The zero-order valence-corrected chi connectivity index (χ0v) is 12.4. The van der Waals surface area contributed by atoms with Gasteiger partial charge in [-0.1, -0.05) is 22.0 Å². The Balaban J connectivity index is 1.61. The van der Waals surface area contributed by atoms with E-state index in [1.807, 2.05) is 24.3 Å². The van der Waals surface area contributed by atoms with E-state index in [4.69, 9.17) is 4.74 Å². The minimum absolute atomic E-state index is 0.109. The van der Waals surface area contributed by atoms with Gasteiger partial charge in [0.05, 0.1) is 0 Å². The Bertz CT molecular complexity index is 420. The fraction of sp³-hybridized carbons (Fsp3) is 0.500. The van der Waals surface area contributed by atoms with Crippen LogP contribution in [0.3, 0.4) is 0 Å². The quantitative estimate of drug-likeness (QED) is 0.789. The molecule has 1 aliphatic rings. The van der Waals surface area contributed by atoms with E-state index in [9.17, 15) is 4.79 Å². The van der Waals surface area contributed by atoms with Gasteiger partial charge in [0.25, 0.3) is 0 Å². The first kappa shape index (κ1) is 14.5. The second kappa shape index (κ2) is 7.62. The molecule has 0 spiro atoms. The Hall–Kier alpha value is -0.910. The van der Waals surface area contributed by atoms with Crippen LogP contribution in [0.1, 0.15) is 12.8 Å².